The van der Waals surface area contributed by atoms with E-state index in [1.807, 2.05) is 0 Å². The maximum absolute atomic E-state index is 14.4. The van der Waals surface area contributed by atoms with E-state index in [2.05, 4.69) is 5.32 Å². The quantitative estimate of drug-likeness (QED) is 0.222. The SMILES string of the molecule is N=C(/C=C/c1ccc(C(F)(F)F)cc1)c1cc(C(=O)N[C@H](CO)c2ccccc2)cc(F)c1N. The van der Waals surface area contributed by atoms with Crippen molar-refractivity contribution in [2.75, 3.05) is 12.3 Å². The van der Waals surface area contributed by atoms with Crippen molar-refractivity contribution in [2.45, 2.75) is 12.2 Å². The number of carbonyl (C=O) groups excluding carboxylic acids is 1. The lowest BCUT2D eigenvalue weighted by molar-refractivity contribution is -0.137. The fourth-order valence-corrected chi connectivity index (χ4v) is 3.19. The second-order valence-electron chi connectivity index (χ2n) is 7.41. The summed E-state index contributed by atoms with van der Waals surface area (Å²) in [7, 11) is 0. The van der Waals surface area contributed by atoms with E-state index in [4.69, 9.17) is 11.1 Å². The van der Waals surface area contributed by atoms with E-state index in [1.165, 1.54) is 30.4 Å². The highest BCUT2D eigenvalue weighted by atomic mass is 19.4. The molecule has 9 heteroatoms. The van der Waals surface area contributed by atoms with Gasteiger partial charge in [0.05, 0.1) is 29.6 Å². The predicted octanol–water partition coefficient (Wildman–Crippen LogP) is 4.97. The van der Waals surface area contributed by atoms with Crippen molar-refractivity contribution in [1.82, 2.24) is 5.32 Å². The van der Waals surface area contributed by atoms with E-state index in [9.17, 15) is 27.5 Å². The summed E-state index contributed by atoms with van der Waals surface area (Å²) in [6, 6.07) is 14.5. The molecule has 0 bridgehead atoms. The van der Waals surface area contributed by atoms with Gasteiger partial charge in [-0.1, -0.05) is 48.5 Å². The smallest absolute Gasteiger partial charge is 0.396 e. The maximum Gasteiger partial charge on any atom is 0.416 e. The lowest BCUT2D eigenvalue weighted by Gasteiger charge is -2.17. The molecule has 0 unspecified atom stereocenters. The summed E-state index contributed by atoms with van der Waals surface area (Å²) in [5, 5.41) is 20.5. The molecule has 34 heavy (non-hydrogen) atoms. The number of rotatable bonds is 7. The largest absolute Gasteiger partial charge is 0.416 e. The van der Waals surface area contributed by atoms with Gasteiger partial charge in [0.15, 0.2) is 0 Å². The molecule has 0 heterocycles. The van der Waals surface area contributed by atoms with Gasteiger partial charge in [-0.2, -0.15) is 13.2 Å². The van der Waals surface area contributed by atoms with Crippen molar-refractivity contribution in [1.29, 1.82) is 5.41 Å². The first-order valence-corrected chi connectivity index (χ1v) is 10.1. The zero-order valence-corrected chi connectivity index (χ0v) is 17.7. The molecule has 0 spiro atoms. The molecule has 0 aliphatic rings. The molecule has 3 rings (SSSR count). The summed E-state index contributed by atoms with van der Waals surface area (Å²) in [6.07, 6.45) is -1.84. The second-order valence-corrected chi connectivity index (χ2v) is 7.41. The molecule has 1 atom stereocenters. The number of nitrogens with two attached hydrogens (primary N) is 1. The number of nitrogen functional groups attached to an aromatic ring is 1. The standard InChI is InChI=1S/C25H21F4N3O2/c26-20-13-17(24(34)32-22(14-33)16-4-2-1-3-5-16)12-19(23(20)31)21(30)11-8-15-6-9-18(10-7-15)25(27,28)29/h1-13,22,30,33H,14,31H2,(H,32,34)/b11-8+,30-21?/t22-/m1/s1. The highest BCUT2D eigenvalue weighted by molar-refractivity contribution is 6.13. The number of nitrogens with one attached hydrogen (secondary N) is 2. The van der Waals surface area contributed by atoms with E-state index in [1.54, 1.807) is 30.3 Å². The van der Waals surface area contributed by atoms with Crippen LogP contribution in [0.1, 0.15) is 38.7 Å². The van der Waals surface area contributed by atoms with Gasteiger partial charge in [0.2, 0.25) is 0 Å². The van der Waals surface area contributed by atoms with Crippen LogP contribution in [-0.2, 0) is 6.18 Å². The van der Waals surface area contributed by atoms with Crippen LogP contribution in [0.25, 0.3) is 6.08 Å². The number of benzene rings is 3. The van der Waals surface area contributed by atoms with E-state index in [-0.39, 0.29) is 29.1 Å². The van der Waals surface area contributed by atoms with Crippen LogP contribution in [-0.4, -0.2) is 23.3 Å². The zero-order valence-electron chi connectivity index (χ0n) is 17.7. The van der Waals surface area contributed by atoms with Gasteiger partial charge in [0.1, 0.15) is 5.82 Å². The third-order valence-corrected chi connectivity index (χ3v) is 5.05. The molecule has 1 amide bonds. The van der Waals surface area contributed by atoms with E-state index in [0.717, 1.165) is 18.2 Å². The lowest BCUT2D eigenvalue weighted by Crippen LogP contribution is -2.31. The topological polar surface area (TPSA) is 99.2 Å². The molecule has 0 saturated heterocycles. The third-order valence-electron chi connectivity index (χ3n) is 5.05. The number of amides is 1. The van der Waals surface area contributed by atoms with E-state index >= 15 is 0 Å². The van der Waals surface area contributed by atoms with E-state index < -0.39 is 29.5 Å². The molecular weight excluding hydrogens is 450 g/mol. The van der Waals surface area contributed by atoms with Gasteiger partial charge < -0.3 is 21.6 Å². The second kappa shape index (κ2) is 10.3. The Morgan fingerprint density at radius 3 is 2.32 bits per heavy atom. The van der Waals surface area contributed by atoms with Crippen LogP contribution >= 0.6 is 0 Å². The Morgan fingerprint density at radius 2 is 1.74 bits per heavy atom. The molecule has 3 aromatic carbocycles. The molecule has 176 valence electrons. The first-order valence-electron chi connectivity index (χ1n) is 10.1. The third kappa shape index (κ3) is 5.87. The van der Waals surface area contributed by atoms with Gasteiger partial charge in [-0.15, -0.1) is 0 Å². The van der Waals surface area contributed by atoms with Crippen molar-refractivity contribution in [2.24, 2.45) is 0 Å². The normalized spacial score (nSPS) is 12.5. The number of aliphatic hydroxyl groups excluding tert-OH is 1. The van der Waals surface area contributed by atoms with E-state index in [0.29, 0.717) is 11.1 Å². The number of hydrogen-bond acceptors (Lipinski definition) is 4. The molecule has 0 radical (unpaired) electrons. The summed E-state index contributed by atoms with van der Waals surface area (Å²) in [4.78, 5) is 12.7. The Morgan fingerprint density at radius 1 is 1.09 bits per heavy atom. The highest BCUT2D eigenvalue weighted by Gasteiger charge is 2.29. The van der Waals surface area contributed by atoms with Gasteiger partial charge in [0.25, 0.3) is 5.91 Å². The minimum absolute atomic E-state index is 0.0615. The van der Waals surface area contributed by atoms with Crippen LogP contribution in [0.2, 0.25) is 0 Å². The fraction of sp³-hybridized carbons (Fsp3) is 0.120. The van der Waals surface area contributed by atoms with Crippen LogP contribution in [0.15, 0.2) is 72.8 Å². The number of allylic oxidation sites excluding steroid dienone is 1. The van der Waals surface area contributed by atoms with Crippen molar-refractivity contribution >= 4 is 23.4 Å². The molecule has 3 aromatic rings. The summed E-state index contributed by atoms with van der Waals surface area (Å²) in [5.41, 5.74) is 5.24. The Labute approximate surface area is 193 Å². The number of anilines is 1. The van der Waals surface area contributed by atoms with Gasteiger partial charge in [0, 0.05) is 11.1 Å². The summed E-state index contributed by atoms with van der Waals surface area (Å²) >= 11 is 0. The molecule has 0 aliphatic carbocycles. The molecule has 5 N–H and O–H groups in total. The Hall–Kier alpha value is -3.98. The Kier molecular flexibility index (Phi) is 7.47. The van der Waals surface area contributed by atoms with Gasteiger partial charge >= 0.3 is 6.18 Å². The van der Waals surface area contributed by atoms with Crippen LogP contribution < -0.4 is 11.1 Å². The van der Waals surface area contributed by atoms with Crippen LogP contribution in [0.5, 0.6) is 0 Å². The molecule has 0 fully saturated rings. The van der Waals surface area contributed by atoms with Crippen molar-refractivity contribution in [3.05, 3.63) is 106 Å². The first-order chi connectivity index (χ1) is 16.1. The first kappa shape index (κ1) is 24.7. The lowest BCUT2D eigenvalue weighted by atomic mass is 10.0. The van der Waals surface area contributed by atoms with Crippen molar-refractivity contribution in [3.8, 4) is 0 Å². The maximum atomic E-state index is 14.4. The summed E-state index contributed by atoms with van der Waals surface area (Å²) in [6.45, 7) is -0.383. The van der Waals surface area contributed by atoms with Crippen LogP contribution in [0.4, 0.5) is 23.2 Å². The number of hydrogen-bond donors (Lipinski definition) is 4. The predicted molar refractivity (Wildman–Crippen MR) is 122 cm³/mol. The van der Waals surface area contributed by atoms with Gasteiger partial charge in [-0.3, -0.25) is 4.79 Å². The number of aliphatic hydroxyl groups is 1. The van der Waals surface area contributed by atoms with Crippen LogP contribution in [0, 0.1) is 11.2 Å². The zero-order chi connectivity index (χ0) is 24.9. The molecule has 0 saturated carbocycles. The highest BCUT2D eigenvalue weighted by Crippen LogP contribution is 2.29. The number of carbonyl (C=O) groups is 1. The number of halogens is 4. The van der Waals surface area contributed by atoms with Crippen molar-refractivity contribution in [3.63, 3.8) is 0 Å². The fourth-order valence-electron chi connectivity index (χ4n) is 3.19. The average molecular weight is 471 g/mol. The minimum atomic E-state index is -4.46. The summed E-state index contributed by atoms with van der Waals surface area (Å²) < 4.78 is 52.5. The molecule has 0 aliphatic heterocycles. The average Bonchev–Trinajstić information content (AvgIpc) is 2.82. The van der Waals surface area contributed by atoms with Crippen LogP contribution in [0.3, 0.4) is 0 Å². The Bertz CT molecular complexity index is 1210. The summed E-state index contributed by atoms with van der Waals surface area (Å²) in [5.74, 6) is -1.59. The van der Waals surface area contributed by atoms with Gasteiger partial charge in [-0.05, 0) is 41.5 Å². The molecule has 0 aromatic heterocycles. The Balaban J connectivity index is 1.81. The molecule has 5 nitrogen and oxygen atoms in total. The minimum Gasteiger partial charge on any atom is -0.396 e. The molecular formula is C25H21F4N3O2. The number of alkyl halides is 3. The van der Waals surface area contributed by atoms with Crippen molar-refractivity contribution < 1.29 is 27.5 Å². The van der Waals surface area contributed by atoms with Gasteiger partial charge in [-0.25, -0.2) is 4.39 Å². The monoisotopic (exact) mass is 471 g/mol.